The molecule has 0 spiro atoms. The minimum atomic E-state index is 1.05. The summed E-state index contributed by atoms with van der Waals surface area (Å²) >= 11 is 0. The lowest BCUT2D eigenvalue weighted by Gasteiger charge is -1.93. The Morgan fingerprint density at radius 2 is 2.09 bits per heavy atom. The molecule has 2 nitrogen and oxygen atoms in total. The van der Waals surface area contributed by atoms with E-state index < -0.39 is 0 Å². The van der Waals surface area contributed by atoms with E-state index in [2.05, 4.69) is 28.6 Å². The van der Waals surface area contributed by atoms with Crippen LogP contribution in [0.2, 0.25) is 0 Å². The largest absolute Gasteiger partial charge is 0.320 e. The molecule has 56 valence electrons. The van der Waals surface area contributed by atoms with Crippen LogP contribution < -0.4 is 0 Å². The van der Waals surface area contributed by atoms with Crippen molar-refractivity contribution < 1.29 is 0 Å². The SMILES string of the molecule is Cc1cc2cnc(C)cn2c1. The first kappa shape index (κ1) is 6.40. The fraction of sp³-hybridized carbons (Fsp3) is 0.222. The molecule has 2 aromatic rings. The molecule has 0 amide bonds. The van der Waals surface area contributed by atoms with Gasteiger partial charge in [0.25, 0.3) is 0 Å². The van der Waals surface area contributed by atoms with Crippen molar-refractivity contribution in [2.45, 2.75) is 13.8 Å². The van der Waals surface area contributed by atoms with Crippen LogP contribution in [0.3, 0.4) is 0 Å². The van der Waals surface area contributed by atoms with Gasteiger partial charge in [0.2, 0.25) is 0 Å². The molecule has 0 saturated heterocycles. The fourth-order valence-electron chi connectivity index (χ4n) is 1.26. The van der Waals surface area contributed by atoms with Crippen LogP contribution in [0, 0.1) is 13.8 Å². The summed E-state index contributed by atoms with van der Waals surface area (Å²) < 4.78 is 2.09. The van der Waals surface area contributed by atoms with E-state index in [0.717, 1.165) is 11.2 Å². The summed E-state index contributed by atoms with van der Waals surface area (Å²) in [5, 5.41) is 0. The maximum Gasteiger partial charge on any atom is 0.0636 e. The van der Waals surface area contributed by atoms with E-state index in [1.807, 2.05) is 19.3 Å². The van der Waals surface area contributed by atoms with Gasteiger partial charge < -0.3 is 4.40 Å². The number of fused-ring (bicyclic) bond motifs is 1. The fourth-order valence-corrected chi connectivity index (χ4v) is 1.26. The van der Waals surface area contributed by atoms with Crippen molar-refractivity contribution in [3.8, 4) is 0 Å². The molecule has 0 aromatic carbocycles. The molecular formula is C9H10N2. The average molecular weight is 146 g/mol. The van der Waals surface area contributed by atoms with Crippen LogP contribution in [0.5, 0.6) is 0 Å². The van der Waals surface area contributed by atoms with Crippen molar-refractivity contribution in [2.75, 3.05) is 0 Å². The Bertz CT molecular complexity index is 387. The molecule has 0 aliphatic heterocycles. The van der Waals surface area contributed by atoms with Gasteiger partial charge >= 0.3 is 0 Å². The number of hydrogen-bond donors (Lipinski definition) is 0. The number of aromatic nitrogens is 2. The highest BCUT2D eigenvalue weighted by atomic mass is 14.9. The topological polar surface area (TPSA) is 17.3 Å². The van der Waals surface area contributed by atoms with Crippen LogP contribution in [0.1, 0.15) is 11.3 Å². The summed E-state index contributed by atoms with van der Waals surface area (Å²) in [7, 11) is 0. The molecule has 11 heavy (non-hydrogen) atoms. The Kier molecular flexibility index (Phi) is 1.22. The second-order valence-electron chi connectivity index (χ2n) is 2.88. The zero-order valence-corrected chi connectivity index (χ0v) is 6.70. The number of hydrogen-bond acceptors (Lipinski definition) is 1. The van der Waals surface area contributed by atoms with E-state index in [9.17, 15) is 0 Å². The predicted molar refractivity (Wildman–Crippen MR) is 44.7 cm³/mol. The summed E-state index contributed by atoms with van der Waals surface area (Å²) in [6.45, 7) is 4.08. The van der Waals surface area contributed by atoms with Gasteiger partial charge in [-0.1, -0.05) is 0 Å². The minimum absolute atomic E-state index is 1.05. The summed E-state index contributed by atoms with van der Waals surface area (Å²) in [4.78, 5) is 4.20. The Balaban J connectivity index is 2.82. The van der Waals surface area contributed by atoms with Crippen LogP contribution in [0.4, 0.5) is 0 Å². The minimum Gasteiger partial charge on any atom is -0.320 e. The van der Waals surface area contributed by atoms with E-state index in [-0.39, 0.29) is 0 Å². The highest BCUT2D eigenvalue weighted by molar-refractivity contribution is 5.48. The van der Waals surface area contributed by atoms with E-state index in [1.165, 1.54) is 5.56 Å². The first-order valence-electron chi connectivity index (χ1n) is 3.67. The monoisotopic (exact) mass is 146 g/mol. The molecule has 0 N–H and O–H groups in total. The van der Waals surface area contributed by atoms with Gasteiger partial charge in [0, 0.05) is 12.4 Å². The van der Waals surface area contributed by atoms with Gasteiger partial charge in [0.1, 0.15) is 0 Å². The lowest BCUT2D eigenvalue weighted by atomic mass is 10.4. The summed E-state index contributed by atoms with van der Waals surface area (Å²) in [6, 6.07) is 2.12. The summed E-state index contributed by atoms with van der Waals surface area (Å²) in [5.41, 5.74) is 3.48. The first-order valence-corrected chi connectivity index (χ1v) is 3.67. The predicted octanol–water partition coefficient (Wildman–Crippen LogP) is 1.95. The van der Waals surface area contributed by atoms with Gasteiger partial charge in [-0.25, -0.2) is 0 Å². The van der Waals surface area contributed by atoms with E-state index in [0.29, 0.717) is 0 Å². The third kappa shape index (κ3) is 1.00. The number of rotatable bonds is 0. The molecule has 2 heterocycles. The second-order valence-corrected chi connectivity index (χ2v) is 2.88. The number of aryl methyl sites for hydroxylation is 2. The van der Waals surface area contributed by atoms with Crippen molar-refractivity contribution in [3.05, 3.63) is 35.9 Å². The van der Waals surface area contributed by atoms with Gasteiger partial charge in [-0.05, 0) is 25.5 Å². The van der Waals surface area contributed by atoms with Gasteiger partial charge in [-0.2, -0.15) is 0 Å². The molecule has 2 aromatic heterocycles. The average Bonchev–Trinajstić information content (AvgIpc) is 2.27. The third-order valence-electron chi connectivity index (χ3n) is 1.74. The molecule has 2 rings (SSSR count). The maximum atomic E-state index is 4.20. The summed E-state index contributed by atoms with van der Waals surface area (Å²) in [6.07, 6.45) is 6.02. The standard InChI is InChI=1S/C9H10N2/c1-7-3-9-4-10-8(2)6-11(9)5-7/h3-6H,1-2H3. The maximum absolute atomic E-state index is 4.20. The third-order valence-corrected chi connectivity index (χ3v) is 1.74. The van der Waals surface area contributed by atoms with E-state index in [1.54, 1.807) is 0 Å². The van der Waals surface area contributed by atoms with Gasteiger partial charge in [-0.3, -0.25) is 4.98 Å². The molecule has 2 heteroatoms. The molecule has 0 unspecified atom stereocenters. The van der Waals surface area contributed by atoms with Gasteiger partial charge in [0.05, 0.1) is 17.4 Å². The molecule has 0 bridgehead atoms. The zero-order chi connectivity index (χ0) is 7.84. The molecular weight excluding hydrogens is 136 g/mol. The first-order chi connectivity index (χ1) is 5.25. The Labute approximate surface area is 65.5 Å². The quantitative estimate of drug-likeness (QED) is 0.555. The van der Waals surface area contributed by atoms with Crippen molar-refractivity contribution in [1.29, 1.82) is 0 Å². The molecule has 0 aliphatic carbocycles. The normalized spacial score (nSPS) is 10.7. The zero-order valence-electron chi connectivity index (χ0n) is 6.70. The lowest BCUT2D eigenvalue weighted by molar-refractivity contribution is 1.08. The van der Waals surface area contributed by atoms with Crippen molar-refractivity contribution in [1.82, 2.24) is 9.38 Å². The van der Waals surface area contributed by atoms with Crippen molar-refractivity contribution in [2.24, 2.45) is 0 Å². The van der Waals surface area contributed by atoms with Crippen molar-refractivity contribution in [3.63, 3.8) is 0 Å². The Morgan fingerprint density at radius 3 is 2.91 bits per heavy atom. The molecule has 0 fully saturated rings. The second kappa shape index (κ2) is 2.09. The van der Waals surface area contributed by atoms with Crippen LogP contribution in [0.25, 0.3) is 5.52 Å². The lowest BCUT2D eigenvalue weighted by Crippen LogP contribution is -1.86. The van der Waals surface area contributed by atoms with Gasteiger partial charge in [0.15, 0.2) is 0 Å². The molecule has 0 saturated carbocycles. The highest BCUT2D eigenvalue weighted by Crippen LogP contribution is 2.07. The number of nitrogens with zero attached hydrogens (tertiary/aromatic N) is 2. The van der Waals surface area contributed by atoms with E-state index in [4.69, 9.17) is 0 Å². The van der Waals surface area contributed by atoms with Crippen LogP contribution in [-0.2, 0) is 0 Å². The summed E-state index contributed by atoms with van der Waals surface area (Å²) in [5.74, 6) is 0. The smallest absolute Gasteiger partial charge is 0.0636 e. The van der Waals surface area contributed by atoms with Crippen LogP contribution in [-0.4, -0.2) is 9.38 Å². The molecule has 0 atom stereocenters. The van der Waals surface area contributed by atoms with Crippen LogP contribution in [0.15, 0.2) is 24.7 Å². The highest BCUT2D eigenvalue weighted by Gasteiger charge is 1.94. The van der Waals surface area contributed by atoms with Crippen molar-refractivity contribution >= 4 is 5.52 Å². The van der Waals surface area contributed by atoms with Crippen LogP contribution >= 0.6 is 0 Å². The molecule has 0 radical (unpaired) electrons. The Morgan fingerprint density at radius 1 is 1.27 bits per heavy atom. The van der Waals surface area contributed by atoms with Gasteiger partial charge in [-0.15, -0.1) is 0 Å². The Hall–Kier alpha value is -1.31. The van der Waals surface area contributed by atoms with E-state index >= 15 is 0 Å². The molecule has 0 aliphatic rings.